The maximum atomic E-state index is 13.2. The van der Waals surface area contributed by atoms with E-state index in [1.54, 1.807) is 0 Å². The molecule has 1 aliphatic carbocycles. The van der Waals surface area contributed by atoms with Crippen LogP contribution in [-0.4, -0.2) is 60.3 Å². The van der Waals surface area contributed by atoms with Crippen LogP contribution in [0.2, 0.25) is 0 Å². The van der Waals surface area contributed by atoms with Crippen molar-refractivity contribution in [2.45, 2.75) is 58.0 Å². The molecule has 0 aromatic heterocycles. The van der Waals surface area contributed by atoms with Gasteiger partial charge in [-0.1, -0.05) is 43.5 Å². The molecule has 31 heavy (non-hydrogen) atoms. The third kappa shape index (κ3) is 5.88. The molecule has 2 aliphatic heterocycles. The van der Waals surface area contributed by atoms with Gasteiger partial charge in [-0.2, -0.15) is 0 Å². The molecule has 1 aromatic rings. The Morgan fingerprint density at radius 1 is 1.06 bits per heavy atom. The third-order valence-electron chi connectivity index (χ3n) is 6.99. The number of hydrogen-bond acceptors (Lipinski definition) is 5. The highest BCUT2D eigenvalue weighted by Gasteiger charge is 2.34. The molecule has 2 fully saturated rings. The number of amides is 1. The number of piperazine rings is 1. The zero-order valence-corrected chi connectivity index (χ0v) is 18.7. The van der Waals surface area contributed by atoms with Gasteiger partial charge in [0.2, 0.25) is 6.29 Å². The zero-order valence-electron chi connectivity index (χ0n) is 18.7. The van der Waals surface area contributed by atoms with Gasteiger partial charge in [0.05, 0.1) is 13.2 Å². The summed E-state index contributed by atoms with van der Waals surface area (Å²) in [5, 5.41) is 9.22. The van der Waals surface area contributed by atoms with Gasteiger partial charge in [0.25, 0.3) is 5.91 Å². The first-order valence-electron chi connectivity index (χ1n) is 11.8. The smallest absolute Gasteiger partial charge is 0.288 e. The van der Waals surface area contributed by atoms with Crippen LogP contribution in [-0.2, 0) is 27.5 Å². The first-order chi connectivity index (χ1) is 15.1. The van der Waals surface area contributed by atoms with Crippen LogP contribution in [0.25, 0.3) is 0 Å². The maximum Gasteiger partial charge on any atom is 0.288 e. The molecule has 6 heteroatoms. The van der Waals surface area contributed by atoms with Crippen molar-refractivity contribution < 1.29 is 19.4 Å². The molecule has 4 rings (SSSR count). The number of likely N-dealkylation sites (N-methyl/N-ethyl adjacent to an activating group) is 1. The minimum absolute atomic E-state index is 0.00880. The number of ether oxygens (including phenoxy) is 2. The molecule has 1 aromatic carbocycles. The molecule has 0 bridgehead atoms. The molecule has 1 saturated carbocycles. The van der Waals surface area contributed by atoms with E-state index < -0.39 is 6.29 Å². The average molecular weight is 429 g/mol. The van der Waals surface area contributed by atoms with Crippen LogP contribution in [0.3, 0.4) is 0 Å². The van der Waals surface area contributed by atoms with Crippen molar-refractivity contribution in [2.24, 2.45) is 11.8 Å². The van der Waals surface area contributed by atoms with E-state index in [2.05, 4.69) is 18.0 Å². The lowest BCUT2D eigenvalue weighted by atomic mass is 9.77. The summed E-state index contributed by atoms with van der Waals surface area (Å²) in [5.41, 5.74) is 1.93. The standard InChI is InChI=1S/C25H36N2O4/c1-26-11-13-27(14-12-26)25(29)23-15-22(21-5-3-2-4-6-21)16-24(31-23)30-18-20-9-7-19(17-28)8-10-20/h7-10,15,21-22,24,28H,2-6,11-14,16-18H2,1H3/t22-,24+/m0/s1. The Morgan fingerprint density at radius 3 is 2.42 bits per heavy atom. The van der Waals surface area contributed by atoms with E-state index in [1.165, 1.54) is 32.1 Å². The van der Waals surface area contributed by atoms with Crippen molar-refractivity contribution in [1.82, 2.24) is 9.80 Å². The van der Waals surface area contributed by atoms with Gasteiger partial charge in [-0.05, 0) is 48.9 Å². The van der Waals surface area contributed by atoms with Gasteiger partial charge in [-0.3, -0.25) is 4.79 Å². The van der Waals surface area contributed by atoms with Crippen LogP contribution >= 0.6 is 0 Å². The monoisotopic (exact) mass is 428 g/mol. The normalized spacial score (nSPS) is 25.7. The van der Waals surface area contributed by atoms with E-state index in [9.17, 15) is 9.90 Å². The second kappa shape index (κ2) is 10.6. The molecule has 2 heterocycles. The molecule has 3 aliphatic rings. The summed E-state index contributed by atoms with van der Waals surface area (Å²) in [6.07, 6.45) is 8.84. The Bertz CT molecular complexity index is 749. The van der Waals surface area contributed by atoms with Crippen molar-refractivity contribution in [3.8, 4) is 0 Å². The number of rotatable bonds is 6. The van der Waals surface area contributed by atoms with Gasteiger partial charge in [-0.25, -0.2) is 0 Å². The van der Waals surface area contributed by atoms with E-state index in [0.29, 0.717) is 24.2 Å². The second-order valence-electron chi connectivity index (χ2n) is 9.26. The van der Waals surface area contributed by atoms with Gasteiger partial charge >= 0.3 is 0 Å². The van der Waals surface area contributed by atoms with Gasteiger partial charge in [-0.15, -0.1) is 0 Å². The van der Waals surface area contributed by atoms with Crippen molar-refractivity contribution in [3.63, 3.8) is 0 Å². The number of nitrogens with zero attached hydrogens (tertiary/aromatic N) is 2. The molecular weight excluding hydrogens is 392 g/mol. The second-order valence-corrected chi connectivity index (χ2v) is 9.26. The largest absolute Gasteiger partial charge is 0.459 e. The predicted molar refractivity (Wildman–Crippen MR) is 119 cm³/mol. The van der Waals surface area contributed by atoms with E-state index >= 15 is 0 Å². The Morgan fingerprint density at radius 2 is 1.74 bits per heavy atom. The number of aliphatic hydroxyl groups excluding tert-OH is 1. The molecule has 0 unspecified atom stereocenters. The van der Waals surface area contributed by atoms with Crippen molar-refractivity contribution in [3.05, 3.63) is 47.2 Å². The number of allylic oxidation sites excluding steroid dienone is 1. The lowest BCUT2D eigenvalue weighted by Crippen LogP contribution is -2.48. The molecular formula is C25H36N2O4. The van der Waals surface area contributed by atoms with E-state index in [-0.39, 0.29) is 12.5 Å². The topological polar surface area (TPSA) is 62.2 Å². The Balaban J connectivity index is 1.43. The molecule has 0 spiro atoms. The third-order valence-corrected chi connectivity index (χ3v) is 6.99. The molecule has 6 nitrogen and oxygen atoms in total. The lowest BCUT2D eigenvalue weighted by molar-refractivity contribution is -0.161. The Labute approximate surface area is 185 Å². The van der Waals surface area contributed by atoms with Crippen LogP contribution < -0.4 is 0 Å². The van der Waals surface area contributed by atoms with E-state index in [4.69, 9.17) is 9.47 Å². The van der Waals surface area contributed by atoms with Gasteiger partial charge < -0.3 is 24.4 Å². The zero-order chi connectivity index (χ0) is 21.6. The fraction of sp³-hybridized carbons (Fsp3) is 0.640. The first-order valence-corrected chi connectivity index (χ1v) is 11.8. The molecule has 1 N–H and O–H groups in total. The number of benzene rings is 1. The van der Waals surface area contributed by atoms with Crippen molar-refractivity contribution in [2.75, 3.05) is 33.2 Å². The summed E-state index contributed by atoms with van der Waals surface area (Å²) in [6, 6.07) is 7.76. The SMILES string of the molecule is CN1CCN(C(=O)C2=C[C@H](C3CCCCC3)C[C@H](OCc3ccc(CO)cc3)O2)CC1. The number of carbonyl (C=O) groups excluding carboxylic acids is 1. The fourth-order valence-electron chi connectivity index (χ4n) is 4.92. The number of aliphatic hydroxyl groups is 1. The predicted octanol–water partition coefficient (Wildman–Crippen LogP) is 3.30. The van der Waals surface area contributed by atoms with Gasteiger partial charge in [0.15, 0.2) is 5.76 Å². The molecule has 2 atom stereocenters. The average Bonchev–Trinajstić information content (AvgIpc) is 2.83. The minimum atomic E-state index is -0.402. The number of hydrogen-bond donors (Lipinski definition) is 1. The maximum absolute atomic E-state index is 13.2. The minimum Gasteiger partial charge on any atom is -0.459 e. The highest BCUT2D eigenvalue weighted by Crippen LogP contribution is 2.37. The van der Waals surface area contributed by atoms with Gasteiger partial charge in [0, 0.05) is 32.6 Å². The Hall–Kier alpha value is -1.89. The van der Waals surface area contributed by atoms with Crippen molar-refractivity contribution in [1.29, 1.82) is 0 Å². The lowest BCUT2D eigenvalue weighted by Gasteiger charge is -2.37. The first kappa shape index (κ1) is 22.3. The van der Waals surface area contributed by atoms with Crippen LogP contribution in [0.15, 0.2) is 36.1 Å². The summed E-state index contributed by atoms with van der Waals surface area (Å²) in [4.78, 5) is 17.4. The Kier molecular flexibility index (Phi) is 7.64. The van der Waals surface area contributed by atoms with Crippen molar-refractivity contribution >= 4 is 5.91 Å². The van der Waals surface area contributed by atoms with Gasteiger partial charge in [0.1, 0.15) is 0 Å². The molecule has 0 radical (unpaired) electrons. The van der Waals surface area contributed by atoms with E-state index in [1.807, 2.05) is 29.2 Å². The highest BCUT2D eigenvalue weighted by atomic mass is 16.7. The summed E-state index contributed by atoms with van der Waals surface area (Å²) in [6.45, 7) is 3.76. The molecule has 1 saturated heterocycles. The quantitative estimate of drug-likeness (QED) is 0.753. The van der Waals surface area contributed by atoms with Crippen LogP contribution in [0.4, 0.5) is 0 Å². The van der Waals surface area contributed by atoms with Crippen LogP contribution in [0.1, 0.15) is 49.7 Å². The van der Waals surface area contributed by atoms with E-state index in [0.717, 1.165) is 43.7 Å². The van der Waals surface area contributed by atoms with Crippen LogP contribution in [0, 0.1) is 11.8 Å². The molecule has 1 amide bonds. The summed E-state index contributed by atoms with van der Waals surface area (Å²) in [5.74, 6) is 1.44. The summed E-state index contributed by atoms with van der Waals surface area (Å²) >= 11 is 0. The summed E-state index contributed by atoms with van der Waals surface area (Å²) < 4.78 is 12.3. The number of carbonyl (C=O) groups is 1. The molecule has 170 valence electrons. The summed E-state index contributed by atoms with van der Waals surface area (Å²) in [7, 11) is 2.09. The fourth-order valence-corrected chi connectivity index (χ4v) is 4.92. The van der Waals surface area contributed by atoms with Crippen LogP contribution in [0.5, 0.6) is 0 Å². The highest BCUT2D eigenvalue weighted by molar-refractivity contribution is 5.91.